The Morgan fingerprint density at radius 2 is 0.750 bits per heavy atom. The molecule has 202 valence electrons. The molecule has 0 saturated carbocycles. The van der Waals surface area contributed by atoms with Crippen LogP contribution in [0.15, 0.2) is 72.8 Å². The van der Waals surface area contributed by atoms with E-state index in [1.165, 1.54) is 62.8 Å². The molecule has 4 rings (SSSR count). The first kappa shape index (κ1) is 27.4. The summed E-state index contributed by atoms with van der Waals surface area (Å²) in [7, 11) is 2.73. The molecule has 0 aromatic heterocycles. The van der Waals surface area contributed by atoms with Crippen molar-refractivity contribution in [1.82, 2.24) is 0 Å². The van der Waals surface area contributed by atoms with Crippen LogP contribution in [-0.2, 0) is 0 Å². The number of rotatable bonds is 9. The number of Topliss-reactive ketones (excluding diaryl/α,β-unsaturated/α-hetero) is 4. The number of methoxy groups -OCH3 is 2. The molecular weight excluding hydrogens is 520 g/mol. The number of aromatic hydroxyl groups is 4. The maximum Gasteiger partial charge on any atom is 0.233 e. The van der Waals surface area contributed by atoms with E-state index in [0.717, 1.165) is 24.3 Å². The minimum absolute atomic E-state index is 0.00618. The molecule has 4 aromatic rings. The Morgan fingerprint density at radius 1 is 0.450 bits per heavy atom. The summed E-state index contributed by atoms with van der Waals surface area (Å²) in [4.78, 5) is 51.0. The highest BCUT2D eigenvalue weighted by molar-refractivity contribution is 6.50. The molecule has 40 heavy (non-hydrogen) atoms. The molecule has 0 amide bonds. The molecular formula is C30H22O10. The van der Waals surface area contributed by atoms with Gasteiger partial charge in [-0.2, -0.15) is 0 Å². The SMILES string of the molecule is COc1cc(C(=O)C(=O)c2ccc(O)c(O)c2)ccc1-c1ccc(C(=O)C(=O)c2ccc(O)c(O)c2)cc1OC. The molecule has 0 aliphatic rings. The van der Waals surface area contributed by atoms with Crippen molar-refractivity contribution >= 4 is 23.1 Å². The van der Waals surface area contributed by atoms with Crippen LogP contribution in [0.25, 0.3) is 11.1 Å². The van der Waals surface area contributed by atoms with E-state index in [9.17, 15) is 39.6 Å². The van der Waals surface area contributed by atoms with Gasteiger partial charge in [-0.3, -0.25) is 19.2 Å². The zero-order valence-corrected chi connectivity index (χ0v) is 21.2. The summed E-state index contributed by atoms with van der Waals surface area (Å²) in [6, 6.07) is 15.2. The lowest BCUT2D eigenvalue weighted by molar-refractivity contribution is 0.0816. The number of benzene rings is 4. The molecule has 0 saturated heterocycles. The van der Waals surface area contributed by atoms with Gasteiger partial charge in [-0.05, 0) is 60.7 Å². The third-order valence-electron chi connectivity index (χ3n) is 6.11. The molecule has 10 heteroatoms. The van der Waals surface area contributed by atoms with Gasteiger partial charge in [0.15, 0.2) is 23.0 Å². The first-order valence-electron chi connectivity index (χ1n) is 11.6. The number of ketones is 4. The molecule has 0 heterocycles. The number of carbonyl (C=O) groups is 4. The van der Waals surface area contributed by atoms with Crippen molar-refractivity contribution in [2.24, 2.45) is 0 Å². The third kappa shape index (κ3) is 5.18. The number of ether oxygens (including phenoxy) is 2. The normalized spacial score (nSPS) is 10.6. The second-order valence-corrected chi connectivity index (χ2v) is 8.55. The standard InChI is InChI=1S/C30H22O10/c1-39-25-13-17(29(37)27(35)15-5-9-21(31)23(33)11-15)3-7-19(25)20-8-4-18(14-26(20)40-2)30(38)28(36)16-6-10-22(32)24(34)12-16/h3-14,31-34H,1-2H3. The van der Waals surface area contributed by atoms with Gasteiger partial charge in [-0.1, -0.05) is 12.1 Å². The number of carbonyl (C=O) groups excluding carboxylic acids is 4. The smallest absolute Gasteiger partial charge is 0.233 e. The zero-order chi connectivity index (χ0) is 29.1. The van der Waals surface area contributed by atoms with Crippen LogP contribution in [0.4, 0.5) is 0 Å². The van der Waals surface area contributed by atoms with Gasteiger partial charge < -0.3 is 29.9 Å². The van der Waals surface area contributed by atoms with Crippen molar-refractivity contribution in [2.75, 3.05) is 14.2 Å². The van der Waals surface area contributed by atoms with E-state index in [-0.39, 0.29) is 33.8 Å². The predicted octanol–water partition coefficient (Wildman–Crippen LogP) is 4.32. The molecule has 0 radical (unpaired) electrons. The fourth-order valence-corrected chi connectivity index (χ4v) is 3.96. The van der Waals surface area contributed by atoms with Gasteiger partial charge in [-0.15, -0.1) is 0 Å². The minimum Gasteiger partial charge on any atom is -0.504 e. The van der Waals surface area contributed by atoms with Gasteiger partial charge in [0.1, 0.15) is 11.5 Å². The Kier molecular flexibility index (Phi) is 7.53. The highest BCUT2D eigenvalue weighted by atomic mass is 16.5. The quantitative estimate of drug-likeness (QED) is 0.136. The van der Waals surface area contributed by atoms with Crippen molar-refractivity contribution in [2.45, 2.75) is 0 Å². The van der Waals surface area contributed by atoms with Gasteiger partial charge in [0, 0.05) is 33.4 Å². The van der Waals surface area contributed by atoms with E-state index in [1.54, 1.807) is 0 Å². The van der Waals surface area contributed by atoms with E-state index < -0.39 is 46.1 Å². The maximum atomic E-state index is 12.8. The zero-order valence-electron chi connectivity index (χ0n) is 21.2. The Hall–Kier alpha value is -5.64. The lowest BCUT2D eigenvalue weighted by atomic mass is 9.95. The van der Waals surface area contributed by atoms with Crippen LogP contribution in [0.2, 0.25) is 0 Å². The first-order valence-corrected chi connectivity index (χ1v) is 11.6. The van der Waals surface area contributed by atoms with Gasteiger partial charge in [-0.25, -0.2) is 0 Å². The molecule has 0 unspecified atom stereocenters. The second kappa shape index (κ2) is 11.0. The van der Waals surface area contributed by atoms with Crippen molar-refractivity contribution in [3.63, 3.8) is 0 Å². The summed E-state index contributed by atoms with van der Waals surface area (Å²) < 4.78 is 10.9. The maximum absolute atomic E-state index is 12.8. The summed E-state index contributed by atoms with van der Waals surface area (Å²) in [5.41, 5.74) is 0.710. The highest BCUT2D eigenvalue weighted by Crippen LogP contribution is 2.38. The molecule has 0 spiro atoms. The lowest BCUT2D eigenvalue weighted by Gasteiger charge is -2.14. The monoisotopic (exact) mass is 542 g/mol. The summed E-state index contributed by atoms with van der Waals surface area (Å²) in [6.07, 6.45) is 0. The molecule has 0 fully saturated rings. The summed E-state index contributed by atoms with van der Waals surface area (Å²) in [5.74, 6) is -5.08. The average Bonchev–Trinajstić information content (AvgIpc) is 2.97. The lowest BCUT2D eigenvalue weighted by Crippen LogP contribution is -2.15. The van der Waals surface area contributed by atoms with Gasteiger partial charge in [0.25, 0.3) is 0 Å². The van der Waals surface area contributed by atoms with Crippen molar-refractivity contribution in [3.8, 4) is 45.6 Å². The Bertz CT molecular complexity index is 1560. The Balaban J connectivity index is 1.65. The van der Waals surface area contributed by atoms with Gasteiger partial charge >= 0.3 is 0 Å². The van der Waals surface area contributed by atoms with E-state index in [4.69, 9.17) is 9.47 Å². The summed E-state index contributed by atoms with van der Waals surface area (Å²) in [5, 5.41) is 38.2. The fourth-order valence-electron chi connectivity index (χ4n) is 3.96. The van der Waals surface area contributed by atoms with Gasteiger partial charge in [0.2, 0.25) is 23.1 Å². The van der Waals surface area contributed by atoms with Crippen LogP contribution < -0.4 is 9.47 Å². The van der Waals surface area contributed by atoms with E-state index in [2.05, 4.69) is 0 Å². The van der Waals surface area contributed by atoms with E-state index >= 15 is 0 Å². The van der Waals surface area contributed by atoms with Crippen LogP contribution in [0.3, 0.4) is 0 Å². The largest absolute Gasteiger partial charge is 0.504 e. The molecule has 4 N–H and O–H groups in total. The van der Waals surface area contributed by atoms with Gasteiger partial charge in [0.05, 0.1) is 14.2 Å². The van der Waals surface area contributed by atoms with Crippen LogP contribution in [-0.4, -0.2) is 57.8 Å². The number of hydrogen-bond donors (Lipinski definition) is 4. The van der Waals surface area contributed by atoms with Crippen LogP contribution >= 0.6 is 0 Å². The van der Waals surface area contributed by atoms with Crippen LogP contribution in [0.1, 0.15) is 41.4 Å². The second-order valence-electron chi connectivity index (χ2n) is 8.55. The minimum atomic E-state index is -0.905. The number of phenols is 4. The number of phenolic OH excluding ortho intramolecular Hbond substituents is 4. The van der Waals surface area contributed by atoms with E-state index in [1.807, 2.05) is 0 Å². The average molecular weight is 542 g/mol. The van der Waals surface area contributed by atoms with Crippen LogP contribution in [0.5, 0.6) is 34.5 Å². The molecule has 0 aliphatic carbocycles. The number of hydrogen-bond acceptors (Lipinski definition) is 10. The third-order valence-corrected chi connectivity index (χ3v) is 6.11. The topological polar surface area (TPSA) is 168 Å². The van der Waals surface area contributed by atoms with E-state index in [0.29, 0.717) is 11.1 Å². The van der Waals surface area contributed by atoms with Crippen molar-refractivity contribution < 1.29 is 49.1 Å². The Labute approximate surface area is 227 Å². The van der Waals surface area contributed by atoms with Crippen molar-refractivity contribution in [1.29, 1.82) is 0 Å². The van der Waals surface area contributed by atoms with Crippen molar-refractivity contribution in [3.05, 3.63) is 95.1 Å². The first-order chi connectivity index (χ1) is 19.0. The summed E-state index contributed by atoms with van der Waals surface area (Å²) in [6.45, 7) is 0. The Morgan fingerprint density at radius 3 is 1.05 bits per heavy atom. The molecule has 0 bridgehead atoms. The fraction of sp³-hybridized carbons (Fsp3) is 0.0667. The molecule has 0 atom stereocenters. The molecule has 4 aromatic carbocycles. The summed E-state index contributed by atoms with van der Waals surface area (Å²) >= 11 is 0. The van der Waals surface area contributed by atoms with Crippen LogP contribution in [0, 0.1) is 0 Å². The predicted molar refractivity (Wildman–Crippen MR) is 142 cm³/mol. The molecule has 0 aliphatic heterocycles. The highest BCUT2D eigenvalue weighted by Gasteiger charge is 2.24. The molecule has 10 nitrogen and oxygen atoms in total.